The molecule has 1 aliphatic heterocycles. The fraction of sp³-hybridized carbons (Fsp3) is 0.378. The number of aromatic nitrogens is 5. The molecule has 0 saturated carbocycles. The van der Waals surface area contributed by atoms with E-state index in [1.54, 1.807) is 29.3 Å². The maximum absolute atomic E-state index is 14.5. The SMILES string of the molecule is Cc1cccc(C)c1-c1cc2nc(n1)NS(=O)(=O)c1cccc(c1)C(=O)N(Cc1cnc3cc(C(C)C)n(C)c3n1)[C@H](CCC(C)C)CO2. The molecule has 0 saturated heterocycles. The maximum Gasteiger partial charge on any atom is 0.264 e. The first-order chi connectivity index (χ1) is 23.3. The van der Waals surface area contributed by atoms with Crippen molar-refractivity contribution in [3.63, 3.8) is 0 Å². The highest BCUT2D eigenvalue weighted by atomic mass is 32.2. The minimum Gasteiger partial charge on any atom is -0.475 e. The van der Waals surface area contributed by atoms with Gasteiger partial charge in [-0.05, 0) is 73.9 Å². The smallest absolute Gasteiger partial charge is 0.264 e. The van der Waals surface area contributed by atoms with Gasteiger partial charge in [0.05, 0.1) is 35.1 Å². The van der Waals surface area contributed by atoms with E-state index in [0.717, 1.165) is 40.0 Å². The molecule has 11 nitrogen and oxygen atoms in total. The maximum atomic E-state index is 14.5. The molecule has 0 spiro atoms. The number of benzene rings is 2. The van der Waals surface area contributed by atoms with E-state index < -0.39 is 16.1 Å². The Bertz CT molecular complexity index is 2120. The number of hydrogen-bond acceptors (Lipinski definition) is 8. The average Bonchev–Trinajstić information content (AvgIpc) is 3.38. The van der Waals surface area contributed by atoms with Crippen LogP contribution < -0.4 is 9.46 Å². The standard InChI is InChI=1S/C37H43N7O4S/c1-22(2)14-15-28-21-48-33-18-30(34-24(5)10-8-11-25(34)6)40-37(41-33)42-49(46,47)29-13-9-12-26(16-29)36(45)44(28)20-27-19-38-31-17-32(23(3)4)43(7)35(31)39-27/h8-13,16-19,22-23,28H,14-15,20-21H2,1-7H3,(H,40,41,42)/t28-/m1/s1. The number of carbonyl (C=O) groups is 1. The Morgan fingerprint density at radius 2 is 1.71 bits per heavy atom. The van der Waals surface area contributed by atoms with Crippen molar-refractivity contribution in [2.75, 3.05) is 11.3 Å². The van der Waals surface area contributed by atoms with Crippen LogP contribution in [-0.2, 0) is 23.6 Å². The number of rotatable bonds is 7. The molecule has 0 aliphatic carbocycles. The van der Waals surface area contributed by atoms with E-state index in [4.69, 9.17) is 14.7 Å². The second-order valence-corrected chi connectivity index (χ2v) is 15.2. The Hall–Kier alpha value is -4.84. The summed E-state index contributed by atoms with van der Waals surface area (Å²) >= 11 is 0. The van der Waals surface area contributed by atoms with Crippen LogP contribution in [0.4, 0.5) is 5.95 Å². The van der Waals surface area contributed by atoms with E-state index >= 15 is 0 Å². The Kier molecular flexibility index (Phi) is 9.43. The molecule has 3 aromatic heterocycles. The zero-order valence-electron chi connectivity index (χ0n) is 29.1. The summed E-state index contributed by atoms with van der Waals surface area (Å²) in [6, 6.07) is 15.3. The molecule has 49 heavy (non-hydrogen) atoms. The van der Waals surface area contributed by atoms with Gasteiger partial charge in [0, 0.05) is 29.9 Å². The second kappa shape index (κ2) is 13.6. The van der Waals surface area contributed by atoms with Gasteiger partial charge in [-0.3, -0.25) is 9.78 Å². The number of carbonyl (C=O) groups excluding carboxylic acids is 1. The predicted molar refractivity (Wildman–Crippen MR) is 190 cm³/mol. The van der Waals surface area contributed by atoms with Crippen molar-refractivity contribution in [2.45, 2.75) is 77.8 Å². The molecule has 0 unspecified atom stereocenters. The Labute approximate surface area is 287 Å². The highest BCUT2D eigenvalue weighted by molar-refractivity contribution is 7.92. The van der Waals surface area contributed by atoms with Gasteiger partial charge in [-0.1, -0.05) is 52.0 Å². The van der Waals surface area contributed by atoms with Gasteiger partial charge >= 0.3 is 0 Å². The number of ether oxygens (including phenoxy) is 1. The van der Waals surface area contributed by atoms with Crippen LogP contribution in [0.3, 0.4) is 0 Å². The molecule has 0 radical (unpaired) electrons. The number of amides is 1. The fourth-order valence-corrected chi connectivity index (χ4v) is 7.36. The molecule has 256 valence electrons. The topological polar surface area (TPSA) is 132 Å². The van der Waals surface area contributed by atoms with E-state index in [-0.39, 0.29) is 41.3 Å². The molecular weight excluding hydrogens is 639 g/mol. The lowest BCUT2D eigenvalue weighted by Crippen LogP contribution is -2.43. The molecule has 1 N–H and O–H groups in total. The van der Waals surface area contributed by atoms with Crippen LogP contribution >= 0.6 is 0 Å². The van der Waals surface area contributed by atoms with Gasteiger partial charge in [-0.2, -0.15) is 4.98 Å². The number of fused-ring (bicyclic) bond motifs is 5. The van der Waals surface area contributed by atoms with Crippen molar-refractivity contribution in [2.24, 2.45) is 13.0 Å². The van der Waals surface area contributed by atoms with Gasteiger partial charge in [-0.25, -0.2) is 23.1 Å². The number of hydrogen-bond donors (Lipinski definition) is 1. The van der Waals surface area contributed by atoms with Crippen LogP contribution in [0.2, 0.25) is 0 Å². The number of aryl methyl sites for hydroxylation is 3. The Morgan fingerprint density at radius 1 is 0.980 bits per heavy atom. The Balaban J connectivity index is 1.48. The lowest BCUT2D eigenvalue weighted by molar-refractivity contribution is 0.0561. The van der Waals surface area contributed by atoms with E-state index in [0.29, 0.717) is 29.6 Å². The average molecular weight is 682 g/mol. The van der Waals surface area contributed by atoms with Crippen molar-refractivity contribution < 1.29 is 17.9 Å². The zero-order valence-corrected chi connectivity index (χ0v) is 29.9. The largest absolute Gasteiger partial charge is 0.475 e. The molecular formula is C37H43N7O4S. The summed E-state index contributed by atoms with van der Waals surface area (Å²) in [5.74, 6) is 0.408. The van der Waals surface area contributed by atoms with Crippen LogP contribution in [0.25, 0.3) is 22.4 Å². The van der Waals surface area contributed by atoms with Gasteiger partial charge in [0.15, 0.2) is 5.65 Å². The highest BCUT2D eigenvalue weighted by Gasteiger charge is 2.29. The summed E-state index contributed by atoms with van der Waals surface area (Å²) in [7, 11) is -2.20. The highest BCUT2D eigenvalue weighted by Crippen LogP contribution is 2.31. The molecule has 4 bridgehead atoms. The first-order valence-corrected chi connectivity index (χ1v) is 18.1. The summed E-state index contributed by atoms with van der Waals surface area (Å²) in [4.78, 5) is 34.9. The summed E-state index contributed by atoms with van der Waals surface area (Å²) < 4.78 is 38.4. The predicted octanol–water partition coefficient (Wildman–Crippen LogP) is 6.81. The third-order valence-electron chi connectivity index (χ3n) is 9.00. The molecule has 4 heterocycles. The van der Waals surface area contributed by atoms with Crippen LogP contribution in [0.1, 0.15) is 79.3 Å². The molecule has 12 heteroatoms. The van der Waals surface area contributed by atoms with Crippen molar-refractivity contribution in [1.29, 1.82) is 0 Å². The number of sulfonamides is 1. The van der Waals surface area contributed by atoms with E-state index in [1.165, 1.54) is 12.1 Å². The third-order valence-corrected chi connectivity index (χ3v) is 10.3. The molecule has 6 rings (SSSR count). The summed E-state index contributed by atoms with van der Waals surface area (Å²) in [6.45, 7) is 12.8. The summed E-state index contributed by atoms with van der Waals surface area (Å²) in [5, 5.41) is 0. The summed E-state index contributed by atoms with van der Waals surface area (Å²) in [5.41, 5.74) is 6.84. The Morgan fingerprint density at radius 3 is 2.43 bits per heavy atom. The number of nitrogens with zero attached hydrogens (tertiary/aromatic N) is 6. The van der Waals surface area contributed by atoms with Crippen LogP contribution in [-0.4, -0.2) is 56.4 Å². The quantitative estimate of drug-likeness (QED) is 0.198. The number of nitrogens with one attached hydrogen (secondary N) is 1. The van der Waals surface area contributed by atoms with Gasteiger partial charge in [0.25, 0.3) is 15.9 Å². The zero-order chi connectivity index (χ0) is 35.0. The third kappa shape index (κ3) is 7.15. The van der Waals surface area contributed by atoms with Gasteiger partial charge in [-0.15, -0.1) is 0 Å². The lowest BCUT2D eigenvalue weighted by Gasteiger charge is -2.32. The van der Waals surface area contributed by atoms with E-state index in [1.807, 2.05) is 49.7 Å². The van der Waals surface area contributed by atoms with E-state index in [9.17, 15) is 13.2 Å². The van der Waals surface area contributed by atoms with Crippen LogP contribution in [0.15, 0.2) is 65.7 Å². The number of anilines is 1. The molecule has 1 amide bonds. The van der Waals surface area contributed by atoms with E-state index in [2.05, 4.69) is 42.4 Å². The first-order valence-electron chi connectivity index (χ1n) is 16.6. The van der Waals surface area contributed by atoms with Gasteiger partial charge in [0.2, 0.25) is 11.8 Å². The normalized spacial score (nSPS) is 16.2. The lowest BCUT2D eigenvalue weighted by atomic mass is 10.00. The van der Waals surface area contributed by atoms with Crippen molar-refractivity contribution in [1.82, 2.24) is 29.4 Å². The summed E-state index contributed by atoms with van der Waals surface area (Å²) in [6.07, 6.45) is 3.18. The van der Waals surface area contributed by atoms with Gasteiger partial charge < -0.3 is 14.2 Å². The minimum atomic E-state index is -4.17. The fourth-order valence-electron chi connectivity index (χ4n) is 6.37. The van der Waals surface area contributed by atoms with Crippen molar-refractivity contribution >= 4 is 33.0 Å². The molecule has 2 aromatic carbocycles. The molecule has 1 atom stereocenters. The second-order valence-electron chi connectivity index (χ2n) is 13.5. The van der Waals surface area contributed by atoms with Crippen LogP contribution in [0, 0.1) is 19.8 Å². The van der Waals surface area contributed by atoms with Crippen LogP contribution in [0.5, 0.6) is 5.88 Å². The molecule has 0 fully saturated rings. The molecule has 5 aromatic rings. The minimum absolute atomic E-state index is 0.0777. The first kappa shape index (κ1) is 34.0. The monoisotopic (exact) mass is 681 g/mol. The van der Waals surface area contributed by atoms with Crippen molar-refractivity contribution in [3.8, 4) is 17.1 Å². The van der Waals surface area contributed by atoms with Gasteiger partial charge in [0.1, 0.15) is 12.1 Å². The van der Waals surface area contributed by atoms with Crippen molar-refractivity contribution in [3.05, 3.63) is 88.9 Å². The molecule has 1 aliphatic rings.